The fraction of sp³-hybridized carbons (Fsp3) is 0.200. The molecular formula is C25H22ClN3O4S3. The number of carbonyl (C=O) groups excluding carboxylic acids is 1. The van der Waals surface area contributed by atoms with Crippen LogP contribution < -0.4 is 10.1 Å². The maximum absolute atomic E-state index is 12.8. The first kappa shape index (κ1) is 24.9. The quantitative estimate of drug-likeness (QED) is 0.285. The predicted octanol–water partition coefficient (Wildman–Crippen LogP) is 6.36. The number of halogens is 1. The van der Waals surface area contributed by atoms with Gasteiger partial charge in [-0.25, -0.2) is 13.4 Å². The molecule has 0 atom stereocenters. The van der Waals surface area contributed by atoms with Crippen molar-refractivity contribution >= 4 is 55.3 Å². The van der Waals surface area contributed by atoms with Crippen LogP contribution in [0.25, 0.3) is 11.3 Å². The van der Waals surface area contributed by atoms with Crippen molar-refractivity contribution < 1.29 is 17.9 Å². The number of thiazole rings is 1. The zero-order valence-corrected chi connectivity index (χ0v) is 22.2. The molecule has 7 nitrogen and oxygen atoms in total. The molecule has 1 fully saturated rings. The molecular weight excluding hydrogens is 538 g/mol. The van der Waals surface area contributed by atoms with E-state index in [1.165, 1.54) is 21.7 Å². The number of piperidine rings is 1. The molecule has 1 amide bonds. The van der Waals surface area contributed by atoms with Crippen LogP contribution in [0.1, 0.15) is 12.8 Å². The zero-order valence-electron chi connectivity index (χ0n) is 19.0. The molecule has 5 rings (SSSR count). The van der Waals surface area contributed by atoms with Crippen LogP contribution in [0.3, 0.4) is 0 Å². The highest BCUT2D eigenvalue weighted by Gasteiger charge is 2.33. The molecule has 1 aliphatic rings. The standard InChI is InChI=1S/C25H22ClN3O4S3/c26-22-10-11-23(35-22)36(31,32)29-14-12-18(13-15-29)24(30)28-25-27-21(16-34-25)17-6-8-20(9-7-17)33-19-4-2-1-3-5-19/h1-11,16,18H,12-15H2,(H,27,28,30). The first-order chi connectivity index (χ1) is 17.4. The van der Waals surface area contributed by atoms with Gasteiger partial charge in [0, 0.05) is 30.0 Å². The highest BCUT2D eigenvalue weighted by atomic mass is 35.5. The lowest BCUT2D eigenvalue weighted by Crippen LogP contribution is -2.41. The van der Waals surface area contributed by atoms with Crippen LogP contribution in [-0.4, -0.2) is 36.7 Å². The van der Waals surface area contributed by atoms with Crippen molar-refractivity contribution in [2.75, 3.05) is 18.4 Å². The molecule has 3 heterocycles. The second-order valence-electron chi connectivity index (χ2n) is 8.20. The van der Waals surface area contributed by atoms with Crippen LogP contribution in [0.15, 0.2) is 76.3 Å². The highest BCUT2D eigenvalue weighted by Crippen LogP contribution is 2.32. The monoisotopic (exact) mass is 559 g/mol. The van der Waals surface area contributed by atoms with Gasteiger partial charge in [-0.05, 0) is 61.4 Å². The number of aromatic nitrogens is 1. The number of sulfonamides is 1. The van der Waals surface area contributed by atoms with Gasteiger partial charge in [-0.1, -0.05) is 29.8 Å². The van der Waals surface area contributed by atoms with Gasteiger partial charge in [-0.2, -0.15) is 4.31 Å². The molecule has 186 valence electrons. The van der Waals surface area contributed by atoms with E-state index in [9.17, 15) is 13.2 Å². The topological polar surface area (TPSA) is 88.6 Å². The number of amides is 1. The fourth-order valence-corrected chi connectivity index (χ4v) is 7.74. The van der Waals surface area contributed by atoms with E-state index in [4.69, 9.17) is 16.3 Å². The van der Waals surface area contributed by atoms with Crippen LogP contribution >= 0.6 is 34.3 Å². The Morgan fingerprint density at radius 3 is 2.36 bits per heavy atom. The Morgan fingerprint density at radius 1 is 1.00 bits per heavy atom. The number of benzene rings is 2. The fourth-order valence-electron chi connectivity index (χ4n) is 3.91. The number of para-hydroxylation sites is 1. The lowest BCUT2D eigenvalue weighted by atomic mass is 9.97. The molecule has 0 radical (unpaired) electrons. The average molecular weight is 560 g/mol. The normalized spacial score (nSPS) is 15.0. The summed E-state index contributed by atoms with van der Waals surface area (Å²) < 4.78 is 33.5. The van der Waals surface area contributed by atoms with Crippen molar-refractivity contribution in [1.82, 2.24) is 9.29 Å². The van der Waals surface area contributed by atoms with Crippen LogP contribution in [-0.2, 0) is 14.8 Å². The van der Waals surface area contributed by atoms with E-state index in [1.807, 2.05) is 60.0 Å². The van der Waals surface area contributed by atoms with Gasteiger partial charge in [-0.3, -0.25) is 4.79 Å². The molecule has 0 unspecified atom stereocenters. The summed E-state index contributed by atoms with van der Waals surface area (Å²) >= 11 is 8.29. The second kappa shape index (κ2) is 10.7. The number of nitrogens with zero attached hydrogens (tertiary/aromatic N) is 2. The minimum Gasteiger partial charge on any atom is -0.457 e. The van der Waals surface area contributed by atoms with E-state index >= 15 is 0 Å². The summed E-state index contributed by atoms with van der Waals surface area (Å²) in [7, 11) is -3.58. The number of hydrogen-bond acceptors (Lipinski definition) is 7. The molecule has 2 aromatic carbocycles. The Morgan fingerprint density at radius 2 is 1.69 bits per heavy atom. The zero-order chi connectivity index (χ0) is 25.1. The smallest absolute Gasteiger partial charge is 0.252 e. The summed E-state index contributed by atoms with van der Waals surface area (Å²) in [4.78, 5) is 17.4. The van der Waals surface area contributed by atoms with Gasteiger partial charge >= 0.3 is 0 Å². The minimum atomic E-state index is -3.58. The van der Waals surface area contributed by atoms with Gasteiger partial charge in [0.1, 0.15) is 15.7 Å². The van der Waals surface area contributed by atoms with Crippen molar-refractivity contribution in [2.24, 2.45) is 5.92 Å². The molecule has 11 heteroatoms. The van der Waals surface area contributed by atoms with Crippen molar-refractivity contribution in [1.29, 1.82) is 0 Å². The molecule has 0 spiro atoms. The Bertz CT molecular complexity index is 1450. The number of nitrogens with one attached hydrogen (secondary N) is 1. The number of rotatable bonds is 7. The third kappa shape index (κ3) is 5.63. The third-order valence-corrected chi connectivity index (χ3v) is 10.2. The summed E-state index contributed by atoms with van der Waals surface area (Å²) in [5.41, 5.74) is 1.68. The van der Waals surface area contributed by atoms with Gasteiger partial charge in [0.05, 0.1) is 10.0 Å². The number of thiophene rings is 1. The Labute approximate surface area is 222 Å². The molecule has 2 aromatic heterocycles. The number of anilines is 1. The number of ether oxygens (including phenoxy) is 1. The highest BCUT2D eigenvalue weighted by molar-refractivity contribution is 7.91. The average Bonchev–Trinajstić information content (AvgIpc) is 3.55. The molecule has 4 aromatic rings. The van der Waals surface area contributed by atoms with Gasteiger partial charge < -0.3 is 10.1 Å². The van der Waals surface area contributed by atoms with Crippen LogP contribution in [0.2, 0.25) is 4.34 Å². The summed E-state index contributed by atoms with van der Waals surface area (Å²) in [5, 5.41) is 5.30. The van der Waals surface area contributed by atoms with Crippen molar-refractivity contribution in [3.63, 3.8) is 0 Å². The van der Waals surface area contributed by atoms with Crippen LogP contribution in [0.4, 0.5) is 5.13 Å². The third-order valence-electron chi connectivity index (χ3n) is 5.83. The van der Waals surface area contributed by atoms with Gasteiger partial charge in [0.25, 0.3) is 10.0 Å². The minimum absolute atomic E-state index is 0.140. The largest absolute Gasteiger partial charge is 0.457 e. The SMILES string of the molecule is O=C(Nc1nc(-c2ccc(Oc3ccccc3)cc2)cs1)C1CCN(S(=O)(=O)c2ccc(Cl)s2)CC1. The molecule has 0 bridgehead atoms. The van der Waals surface area contributed by atoms with Gasteiger partial charge in [-0.15, -0.1) is 22.7 Å². The second-order valence-corrected chi connectivity index (χ2v) is 12.9. The van der Waals surface area contributed by atoms with Gasteiger partial charge in [0.15, 0.2) is 5.13 Å². The van der Waals surface area contributed by atoms with Crippen molar-refractivity contribution in [3.05, 3.63) is 76.4 Å². The number of hydrogen-bond donors (Lipinski definition) is 1. The Hall–Kier alpha value is -2.76. The summed E-state index contributed by atoms with van der Waals surface area (Å²) in [6, 6.07) is 20.3. The first-order valence-corrected chi connectivity index (χ1v) is 14.7. The molecule has 0 saturated carbocycles. The van der Waals surface area contributed by atoms with E-state index in [-0.39, 0.29) is 29.1 Å². The Kier molecular flexibility index (Phi) is 7.40. The van der Waals surface area contributed by atoms with E-state index in [0.29, 0.717) is 22.3 Å². The van der Waals surface area contributed by atoms with E-state index < -0.39 is 10.0 Å². The van der Waals surface area contributed by atoms with E-state index in [2.05, 4.69) is 10.3 Å². The van der Waals surface area contributed by atoms with Crippen molar-refractivity contribution in [2.45, 2.75) is 17.1 Å². The van der Waals surface area contributed by atoms with E-state index in [1.54, 1.807) is 6.07 Å². The molecule has 1 N–H and O–H groups in total. The van der Waals surface area contributed by atoms with Crippen LogP contribution in [0, 0.1) is 5.92 Å². The summed E-state index contributed by atoms with van der Waals surface area (Å²) in [6.07, 6.45) is 0.899. The summed E-state index contributed by atoms with van der Waals surface area (Å²) in [5.74, 6) is 1.08. The molecule has 36 heavy (non-hydrogen) atoms. The first-order valence-electron chi connectivity index (χ1n) is 11.2. The lowest BCUT2D eigenvalue weighted by molar-refractivity contribution is -0.120. The molecule has 1 aliphatic heterocycles. The lowest BCUT2D eigenvalue weighted by Gasteiger charge is -2.29. The molecule has 0 aliphatic carbocycles. The summed E-state index contributed by atoms with van der Waals surface area (Å²) in [6.45, 7) is 0.576. The number of carbonyl (C=O) groups is 1. The van der Waals surface area contributed by atoms with Crippen molar-refractivity contribution in [3.8, 4) is 22.8 Å². The van der Waals surface area contributed by atoms with E-state index in [0.717, 1.165) is 34.1 Å². The maximum Gasteiger partial charge on any atom is 0.252 e. The maximum atomic E-state index is 12.8. The molecule has 1 saturated heterocycles. The van der Waals surface area contributed by atoms with Gasteiger partial charge in [0.2, 0.25) is 5.91 Å². The Balaban J connectivity index is 1.16. The predicted molar refractivity (Wildman–Crippen MR) is 144 cm³/mol. The van der Waals surface area contributed by atoms with Crippen LogP contribution in [0.5, 0.6) is 11.5 Å².